The van der Waals surface area contributed by atoms with Crippen molar-refractivity contribution < 1.29 is 9.59 Å². The van der Waals surface area contributed by atoms with E-state index < -0.39 is 5.91 Å². The van der Waals surface area contributed by atoms with Crippen molar-refractivity contribution in [2.75, 3.05) is 0 Å². The lowest BCUT2D eigenvalue weighted by Crippen LogP contribution is -2.43. The minimum atomic E-state index is -0.569. The number of carbonyl (C=O) groups is 2. The minimum Gasteiger partial charge on any atom is -0.273 e. The Kier molecular flexibility index (Phi) is 7.78. The lowest BCUT2D eigenvalue weighted by molar-refractivity contribution is -0.121. The Morgan fingerprint density at radius 2 is 1.71 bits per heavy atom. The van der Waals surface area contributed by atoms with Crippen molar-refractivity contribution in [1.82, 2.24) is 20.6 Å². The summed E-state index contributed by atoms with van der Waals surface area (Å²) < 4.78 is 1.33. The fourth-order valence-electron chi connectivity index (χ4n) is 3.22. The zero-order chi connectivity index (χ0) is 22.2. The Morgan fingerprint density at radius 1 is 1.00 bits per heavy atom. The molecule has 0 aliphatic carbocycles. The highest BCUT2D eigenvalue weighted by atomic mass is 35.5. The van der Waals surface area contributed by atoms with Crippen LogP contribution in [-0.2, 0) is 17.8 Å². The van der Waals surface area contributed by atoms with Crippen LogP contribution in [0.5, 0.6) is 0 Å². The van der Waals surface area contributed by atoms with E-state index in [9.17, 15) is 14.4 Å². The van der Waals surface area contributed by atoms with Crippen LogP contribution >= 0.6 is 11.6 Å². The maximum Gasteiger partial charge on any atom is 0.290 e. The van der Waals surface area contributed by atoms with Crippen molar-refractivity contribution in [2.45, 2.75) is 45.6 Å². The number of aryl methyl sites for hydroxylation is 2. The molecule has 0 bridgehead atoms. The van der Waals surface area contributed by atoms with Crippen LogP contribution in [0.4, 0.5) is 0 Å². The normalized spacial score (nSPS) is 10.8. The minimum absolute atomic E-state index is 0.102. The van der Waals surface area contributed by atoms with Gasteiger partial charge in [0.1, 0.15) is 0 Å². The molecule has 0 radical (unpaired) electrons. The SMILES string of the molecule is CCCCCn1nc(C(=O)NNC(=O)CCc2ccc(Cl)cc2)c2ccccc2c1=O. The summed E-state index contributed by atoms with van der Waals surface area (Å²) in [6.45, 7) is 2.51. The second kappa shape index (κ2) is 10.7. The molecule has 0 unspecified atom stereocenters. The molecule has 0 saturated heterocycles. The zero-order valence-corrected chi connectivity index (χ0v) is 18.1. The molecule has 7 nitrogen and oxygen atoms in total. The first-order valence-corrected chi connectivity index (χ1v) is 10.7. The molecule has 1 aromatic heterocycles. The molecular weight excluding hydrogens is 416 g/mol. The van der Waals surface area contributed by atoms with Crippen LogP contribution in [0.25, 0.3) is 10.8 Å². The van der Waals surface area contributed by atoms with Gasteiger partial charge in [-0.1, -0.05) is 61.7 Å². The average Bonchev–Trinajstić information content (AvgIpc) is 2.79. The highest BCUT2D eigenvalue weighted by Crippen LogP contribution is 2.14. The number of rotatable bonds is 8. The van der Waals surface area contributed by atoms with E-state index in [1.54, 1.807) is 36.4 Å². The molecule has 1 heterocycles. The number of hydrogen-bond acceptors (Lipinski definition) is 4. The van der Waals surface area contributed by atoms with Crippen LogP contribution in [0.3, 0.4) is 0 Å². The highest BCUT2D eigenvalue weighted by Gasteiger charge is 2.17. The van der Waals surface area contributed by atoms with E-state index in [1.165, 1.54) is 4.68 Å². The molecule has 2 N–H and O–H groups in total. The summed E-state index contributed by atoms with van der Waals surface area (Å²) in [6.07, 6.45) is 3.49. The lowest BCUT2D eigenvalue weighted by Gasteiger charge is -2.12. The number of benzene rings is 2. The number of aromatic nitrogens is 2. The van der Waals surface area contributed by atoms with Crippen molar-refractivity contribution in [3.8, 4) is 0 Å². The van der Waals surface area contributed by atoms with E-state index in [-0.39, 0.29) is 23.6 Å². The van der Waals surface area contributed by atoms with Gasteiger partial charge in [0.05, 0.1) is 5.39 Å². The van der Waals surface area contributed by atoms with Crippen molar-refractivity contribution >= 4 is 34.2 Å². The van der Waals surface area contributed by atoms with E-state index in [0.29, 0.717) is 28.8 Å². The van der Waals surface area contributed by atoms with Crippen LogP contribution in [0, 0.1) is 0 Å². The summed E-state index contributed by atoms with van der Waals surface area (Å²) in [5, 5.41) is 5.79. The Hall–Kier alpha value is -3.19. The molecule has 3 aromatic rings. The molecule has 162 valence electrons. The van der Waals surface area contributed by atoms with Crippen LogP contribution < -0.4 is 16.4 Å². The number of fused-ring (bicyclic) bond motifs is 1. The standard InChI is InChI=1S/C23H25ClN4O3/c1-2-3-6-15-28-23(31)19-8-5-4-7-18(19)21(27-28)22(30)26-25-20(29)14-11-16-9-12-17(24)13-10-16/h4-5,7-10,12-13H,2-3,6,11,14-15H2,1H3,(H,25,29)(H,26,30). The molecule has 8 heteroatoms. The molecule has 0 aliphatic rings. The Bertz CT molecular complexity index is 1130. The third-order valence-electron chi connectivity index (χ3n) is 4.93. The second-order valence-electron chi connectivity index (χ2n) is 7.26. The van der Waals surface area contributed by atoms with Crippen molar-refractivity contribution in [2.24, 2.45) is 0 Å². The molecule has 0 spiro atoms. The summed E-state index contributed by atoms with van der Waals surface area (Å²) in [7, 11) is 0. The zero-order valence-electron chi connectivity index (χ0n) is 17.4. The number of hydrazine groups is 1. The Balaban J connectivity index is 1.69. The number of nitrogens with one attached hydrogen (secondary N) is 2. The van der Waals surface area contributed by atoms with Gasteiger partial charge in [-0.25, -0.2) is 4.68 Å². The van der Waals surface area contributed by atoms with E-state index in [0.717, 1.165) is 24.8 Å². The first-order valence-electron chi connectivity index (χ1n) is 10.3. The molecular formula is C23H25ClN4O3. The van der Waals surface area contributed by atoms with E-state index >= 15 is 0 Å². The quantitative estimate of drug-likeness (QED) is 0.413. The van der Waals surface area contributed by atoms with Crippen LogP contribution in [0.1, 0.15) is 48.7 Å². The molecule has 3 rings (SSSR count). The van der Waals surface area contributed by atoms with Crippen LogP contribution in [0.15, 0.2) is 53.3 Å². The molecule has 0 fully saturated rings. The van der Waals surface area contributed by atoms with Gasteiger partial charge in [-0.3, -0.25) is 25.2 Å². The number of amides is 2. The Morgan fingerprint density at radius 3 is 2.42 bits per heavy atom. The highest BCUT2D eigenvalue weighted by molar-refractivity contribution is 6.30. The number of hydrogen-bond donors (Lipinski definition) is 2. The second-order valence-corrected chi connectivity index (χ2v) is 7.69. The van der Waals surface area contributed by atoms with Crippen molar-refractivity contribution in [3.63, 3.8) is 0 Å². The smallest absolute Gasteiger partial charge is 0.273 e. The maximum absolute atomic E-state index is 12.7. The van der Waals surface area contributed by atoms with Crippen molar-refractivity contribution in [3.05, 3.63) is 75.2 Å². The van der Waals surface area contributed by atoms with E-state index in [4.69, 9.17) is 11.6 Å². The fourth-order valence-corrected chi connectivity index (χ4v) is 3.35. The molecule has 2 amide bonds. The number of unbranched alkanes of at least 4 members (excludes halogenated alkanes) is 2. The molecule has 31 heavy (non-hydrogen) atoms. The molecule has 0 atom stereocenters. The van der Waals surface area contributed by atoms with Gasteiger partial charge in [0.25, 0.3) is 11.5 Å². The van der Waals surface area contributed by atoms with Crippen LogP contribution in [-0.4, -0.2) is 21.6 Å². The van der Waals surface area contributed by atoms with Gasteiger partial charge >= 0.3 is 0 Å². The van der Waals surface area contributed by atoms with Gasteiger partial charge in [0, 0.05) is 23.4 Å². The average molecular weight is 441 g/mol. The number of nitrogens with zero attached hydrogens (tertiary/aromatic N) is 2. The van der Waals surface area contributed by atoms with Gasteiger partial charge in [-0.2, -0.15) is 5.10 Å². The Labute approximate surface area is 185 Å². The van der Waals surface area contributed by atoms with E-state index in [1.807, 2.05) is 12.1 Å². The maximum atomic E-state index is 12.7. The lowest BCUT2D eigenvalue weighted by atomic mass is 10.1. The molecule has 2 aromatic carbocycles. The molecule has 0 aliphatic heterocycles. The summed E-state index contributed by atoms with van der Waals surface area (Å²) in [6, 6.07) is 14.1. The van der Waals surface area contributed by atoms with Gasteiger partial charge in [-0.15, -0.1) is 0 Å². The van der Waals surface area contributed by atoms with Gasteiger partial charge in [0.2, 0.25) is 5.91 Å². The van der Waals surface area contributed by atoms with Crippen LogP contribution in [0.2, 0.25) is 5.02 Å². The van der Waals surface area contributed by atoms with Gasteiger partial charge in [0.15, 0.2) is 5.69 Å². The molecule has 0 saturated carbocycles. The summed E-state index contributed by atoms with van der Waals surface area (Å²) in [5.74, 6) is -0.899. The summed E-state index contributed by atoms with van der Waals surface area (Å²) in [4.78, 5) is 37.6. The monoisotopic (exact) mass is 440 g/mol. The first kappa shape index (κ1) is 22.5. The summed E-state index contributed by atoms with van der Waals surface area (Å²) >= 11 is 5.86. The third-order valence-corrected chi connectivity index (χ3v) is 5.18. The number of halogens is 1. The van der Waals surface area contributed by atoms with Crippen molar-refractivity contribution in [1.29, 1.82) is 0 Å². The summed E-state index contributed by atoms with van der Waals surface area (Å²) in [5.41, 5.74) is 5.68. The predicted octanol–water partition coefficient (Wildman–Crippen LogP) is 3.63. The fraction of sp³-hybridized carbons (Fsp3) is 0.304. The van der Waals surface area contributed by atoms with Gasteiger partial charge in [-0.05, 0) is 36.6 Å². The largest absolute Gasteiger partial charge is 0.290 e. The predicted molar refractivity (Wildman–Crippen MR) is 121 cm³/mol. The topological polar surface area (TPSA) is 93.1 Å². The number of carbonyl (C=O) groups excluding carboxylic acids is 2. The first-order chi connectivity index (χ1) is 15.0. The van der Waals surface area contributed by atoms with Gasteiger partial charge < -0.3 is 0 Å². The third kappa shape index (κ3) is 5.92. The van der Waals surface area contributed by atoms with E-state index in [2.05, 4.69) is 22.9 Å².